The van der Waals surface area contributed by atoms with Crippen LogP contribution in [0.2, 0.25) is 0 Å². The molecule has 2 aromatic carbocycles. The van der Waals surface area contributed by atoms with Crippen LogP contribution in [-0.4, -0.2) is 12.5 Å². The summed E-state index contributed by atoms with van der Waals surface area (Å²) in [4.78, 5) is 11.8. The number of nitrogens with one attached hydrogen (secondary N) is 1. The second kappa shape index (κ2) is 7.08. The van der Waals surface area contributed by atoms with E-state index >= 15 is 0 Å². The molecule has 0 aliphatic heterocycles. The summed E-state index contributed by atoms with van der Waals surface area (Å²) in [6.45, 7) is 1.94. The normalized spacial score (nSPS) is 10.2. The molecule has 0 aliphatic carbocycles. The average Bonchev–Trinajstić information content (AvgIpc) is 2.41. The molecule has 5 heteroatoms. The smallest absolute Gasteiger partial charge is 0.262 e. The van der Waals surface area contributed by atoms with Gasteiger partial charge in [-0.2, -0.15) is 0 Å². The monoisotopic (exact) mass is 445 g/mol. The van der Waals surface area contributed by atoms with Crippen LogP contribution in [0, 0.1) is 10.5 Å². The Labute approximate surface area is 140 Å². The molecule has 0 bridgehead atoms. The number of benzene rings is 2. The maximum atomic E-state index is 11.8. The van der Waals surface area contributed by atoms with E-state index in [0.717, 1.165) is 19.3 Å². The lowest BCUT2D eigenvalue weighted by atomic mass is 10.2. The molecule has 0 spiro atoms. The van der Waals surface area contributed by atoms with Crippen LogP contribution >= 0.6 is 38.5 Å². The van der Waals surface area contributed by atoms with Crippen molar-refractivity contribution in [3.05, 3.63) is 56.1 Å². The number of ether oxygens (including phenoxy) is 1. The third kappa shape index (κ3) is 4.49. The third-order valence-corrected chi connectivity index (χ3v) is 3.86. The Balaban J connectivity index is 1.90. The summed E-state index contributed by atoms with van der Waals surface area (Å²) in [7, 11) is 0. The van der Waals surface area contributed by atoms with Gasteiger partial charge in [-0.15, -0.1) is 0 Å². The zero-order chi connectivity index (χ0) is 14.5. The molecule has 3 nitrogen and oxygen atoms in total. The Hall–Kier alpha value is -1.08. The zero-order valence-corrected chi connectivity index (χ0v) is 14.6. The van der Waals surface area contributed by atoms with Crippen LogP contribution in [0.25, 0.3) is 0 Å². The summed E-state index contributed by atoms with van der Waals surface area (Å²) in [5, 5.41) is 2.83. The summed E-state index contributed by atoms with van der Waals surface area (Å²) in [5.74, 6) is 0.516. The largest absolute Gasteiger partial charge is 0.484 e. The zero-order valence-electron chi connectivity index (χ0n) is 10.8. The first-order valence-corrected chi connectivity index (χ1v) is 7.86. The lowest BCUT2D eigenvalue weighted by Gasteiger charge is -2.10. The fraction of sp³-hybridized carbons (Fsp3) is 0.133. The fourth-order valence-electron chi connectivity index (χ4n) is 1.63. The molecule has 0 radical (unpaired) electrons. The molecule has 0 saturated carbocycles. The second-order valence-electron chi connectivity index (χ2n) is 4.25. The van der Waals surface area contributed by atoms with Gasteiger partial charge in [0.05, 0.1) is 0 Å². The van der Waals surface area contributed by atoms with Crippen molar-refractivity contribution in [3.8, 4) is 5.75 Å². The Morgan fingerprint density at radius 2 is 1.95 bits per heavy atom. The predicted molar refractivity (Wildman–Crippen MR) is 92.2 cm³/mol. The van der Waals surface area contributed by atoms with Crippen LogP contribution in [-0.2, 0) is 4.79 Å². The van der Waals surface area contributed by atoms with E-state index in [1.165, 1.54) is 0 Å². The maximum absolute atomic E-state index is 11.8. The van der Waals surface area contributed by atoms with Crippen LogP contribution in [0.3, 0.4) is 0 Å². The SMILES string of the molecule is Cc1cc(Br)ccc1NC(=O)COc1ccc(I)cc1. The van der Waals surface area contributed by atoms with E-state index < -0.39 is 0 Å². The van der Waals surface area contributed by atoms with E-state index in [2.05, 4.69) is 43.8 Å². The van der Waals surface area contributed by atoms with Crippen LogP contribution in [0.5, 0.6) is 5.75 Å². The highest BCUT2D eigenvalue weighted by molar-refractivity contribution is 14.1. The number of carbonyl (C=O) groups excluding carboxylic acids is 1. The highest BCUT2D eigenvalue weighted by Crippen LogP contribution is 2.20. The van der Waals surface area contributed by atoms with Crippen LogP contribution < -0.4 is 10.1 Å². The molecular weight excluding hydrogens is 433 g/mol. The first-order valence-electron chi connectivity index (χ1n) is 5.99. The quantitative estimate of drug-likeness (QED) is 0.709. The predicted octanol–water partition coefficient (Wildman–Crippen LogP) is 4.38. The molecule has 0 saturated heterocycles. The standard InChI is InChI=1S/C15H13BrINO2/c1-10-8-11(16)2-7-14(10)18-15(19)9-20-13-5-3-12(17)4-6-13/h2-8H,9H2,1H3,(H,18,19). The number of anilines is 1. The van der Waals surface area contributed by atoms with Crippen molar-refractivity contribution in [2.45, 2.75) is 6.92 Å². The van der Waals surface area contributed by atoms with Crippen LogP contribution in [0.4, 0.5) is 5.69 Å². The van der Waals surface area contributed by atoms with Gasteiger partial charge in [0.25, 0.3) is 5.91 Å². The molecule has 104 valence electrons. The highest BCUT2D eigenvalue weighted by Gasteiger charge is 2.06. The first kappa shape index (κ1) is 15.3. The minimum Gasteiger partial charge on any atom is -0.484 e. The average molecular weight is 446 g/mol. The second-order valence-corrected chi connectivity index (χ2v) is 6.41. The van der Waals surface area contributed by atoms with E-state index in [0.29, 0.717) is 5.75 Å². The number of rotatable bonds is 4. The number of halogens is 2. The first-order chi connectivity index (χ1) is 9.54. The van der Waals surface area contributed by atoms with Crippen molar-refractivity contribution in [2.24, 2.45) is 0 Å². The van der Waals surface area contributed by atoms with E-state index in [1.807, 2.05) is 49.4 Å². The summed E-state index contributed by atoms with van der Waals surface area (Å²) in [6, 6.07) is 13.3. The van der Waals surface area contributed by atoms with E-state index in [9.17, 15) is 4.79 Å². The van der Waals surface area contributed by atoms with Gasteiger partial charge in [-0.1, -0.05) is 15.9 Å². The van der Waals surface area contributed by atoms with Crippen molar-refractivity contribution >= 4 is 50.1 Å². The van der Waals surface area contributed by atoms with Gasteiger partial charge in [-0.3, -0.25) is 4.79 Å². The molecule has 0 heterocycles. The van der Waals surface area contributed by atoms with Gasteiger partial charge < -0.3 is 10.1 Å². The molecule has 0 atom stereocenters. The van der Waals surface area contributed by atoms with Gasteiger partial charge in [0.1, 0.15) is 5.75 Å². The van der Waals surface area contributed by atoms with Crippen molar-refractivity contribution in [1.82, 2.24) is 0 Å². The van der Waals surface area contributed by atoms with E-state index in [-0.39, 0.29) is 12.5 Å². The molecule has 0 aliphatic rings. The Kier molecular flexibility index (Phi) is 5.42. The summed E-state index contributed by atoms with van der Waals surface area (Å²) in [6.07, 6.45) is 0. The van der Waals surface area contributed by atoms with E-state index in [4.69, 9.17) is 4.74 Å². The minimum absolute atomic E-state index is 0.00387. The lowest BCUT2D eigenvalue weighted by molar-refractivity contribution is -0.118. The summed E-state index contributed by atoms with van der Waals surface area (Å²) in [5.41, 5.74) is 1.80. The number of hydrogen-bond acceptors (Lipinski definition) is 2. The van der Waals surface area contributed by atoms with Crippen LogP contribution in [0.15, 0.2) is 46.9 Å². The Bertz CT molecular complexity index is 614. The Morgan fingerprint density at radius 1 is 1.25 bits per heavy atom. The molecule has 1 N–H and O–H groups in total. The summed E-state index contributed by atoms with van der Waals surface area (Å²) >= 11 is 5.61. The van der Waals surface area contributed by atoms with Crippen molar-refractivity contribution in [3.63, 3.8) is 0 Å². The number of carbonyl (C=O) groups is 1. The van der Waals surface area contributed by atoms with Gasteiger partial charge >= 0.3 is 0 Å². The topological polar surface area (TPSA) is 38.3 Å². The van der Waals surface area contributed by atoms with Gasteiger partial charge in [0.2, 0.25) is 0 Å². The Morgan fingerprint density at radius 3 is 2.60 bits per heavy atom. The molecule has 2 rings (SSSR count). The van der Waals surface area contributed by atoms with Gasteiger partial charge in [0.15, 0.2) is 6.61 Å². The van der Waals surface area contributed by atoms with Crippen molar-refractivity contribution in [1.29, 1.82) is 0 Å². The molecule has 2 aromatic rings. The van der Waals surface area contributed by atoms with E-state index in [1.54, 1.807) is 0 Å². The molecular formula is C15H13BrINO2. The molecule has 1 amide bonds. The molecule has 0 aromatic heterocycles. The third-order valence-electron chi connectivity index (χ3n) is 2.65. The van der Waals surface area contributed by atoms with Crippen molar-refractivity contribution in [2.75, 3.05) is 11.9 Å². The fourth-order valence-corrected chi connectivity index (χ4v) is 2.47. The molecule has 0 fully saturated rings. The summed E-state index contributed by atoms with van der Waals surface area (Å²) < 4.78 is 7.55. The van der Waals surface area contributed by atoms with Gasteiger partial charge in [0, 0.05) is 13.7 Å². The number of aryl methyl sites for hydroxylation is 1. The lowest BCUT2D eigenvalue weighted by Crippen LogP contribution is -2.20. The van der Waals surface area contributed by atoms with Gasteiger partial charge in [-0.05, 0) is 77.5 Å². The van der Waals surface area contributed by atoms with Crippen molar-refractivity contribution < 1.29 is 9.53 Å². The minimum atomic E-state index is -0.172. The highest BCUT2D eigenvalue weighted by atomic mass is 127. The molecule has 20 heavy (non-hydrogen) atoms. The number of amides is 1. The number of hydrogen-bond donors (Lipinski definition) is 1. The van der Waals surface area contributed by atoms with Gasteiger partial charge in [-0.25, -0.2) is 0 Å². The van der Waals surface area contributed by atoms with Crippen LogP contribution in [0.1, 0.15) is 5.56 Å². The molecule has 0 unspecified atom stereocenters. The maximum Gasteiger partial charge on any atom is 0.262 e.